The summed E-state index contributed by atoms with van der Waals surface area (Å²) in [6.07, 6.45) is 0. The Kier molecular flexibility index (Phi) is 3.57. The predicted molar refractivity (Wildman–Crippen MR) is 93.0 cm³/mol. The molecule has 1 fully saturated rings. The van der Waals surface area contributed by atoms with Crippen molar-refractivity contribution in [1.29, 1.82) is 0 Å². The summed E-state index contributed by atoms with van der Waals surface area (Å²) >= 11 is 0. The second-order valence-corrected chi connectivity index (χ2v) is 5.87. The first kappa shape index (κ1) is 14.6. The average molecular weight is 322 g/mol. The van der Waals surface area contributed by atoms with E-state index in [4.69, 9.17) is 10.2 Å². The summed E-state index contributed by atoms with van der Waals surface area (Å²) < 4.78 is 5.80. The van der Waals surface area contributed by atoms with E-state index in [0.717, 1.165) is 16.7 Å². The van der Waals surface area contributed by atoms with Gasteiger partial charge in [-0.25, -0.2) is 0 Å². The highest BCUT2D eigenvalue weighted by Crippen LogP contribution is 2.24. The zero-order chi connectivity index (χ0) is 16.5. The number of rotatable bonds is 2. The summed E-state index contributed by atoms with van der Waals surface area (Å²) in [5, 5.41) is 0. The van der Waals surface area contributed by atoms with E-state index < -0.39 is 0 Å². The van der Waals surface area contributed by atoms with Crippen LogP contribution in [0.1, 0.15) is 10.4 Å². The molecule has 2 heterocycles. The number of nitrogens with zero attached hydrogens (tertiary/aromatic N) is 3. The van der Waals surface area contributed by atoms with Gasteiger partial charge in [-0.05, 0) is 30.3 Å². The van der Waals surface area contributed by atoms with Crippen molar-refractivity contribution in [3.05, 3.63) is 54.1 Å². The van der Waals surface area contributed by atoms with Crippen LogP contribution in [-0.2, 0) is 0 Å². The fourth-order valence-electron chi connectivity index (χ4n) is 2.93. The number of benzene rings is 2. The van der Waals surface area contributed by atoms with Crippen LogP contribution in [-0.4, -0.2) is 42.0 Å². The Morgan fingerprint density at radius 3 is 2.54 bits per heavy atom. The molecule has 6 heteroatoms. The number of nitrogens with two attached hydrogens (primary N) is 1. The predicted octanol–water partition coefficient (Wildman–Crippen LogP) is 2.37. The van der Waals surface area contributed by atoms with Gasteiger partial charge in [0, 0.05) is 37.4 Å². The molecule has 0 aliphatic carbocycles. The van der Waals surface area contributed by atoms with E-state index in [1.165, 1.54) is 0 Å². The van der Waals surface area contributed by atoms with Gasteiger partial charge in [-0.3, -0.25) is 4.79 Å². The first-order chi connectivity index (χ1) is 11.7. The van der Waals surface area contributed by atoms with Crippen molar-refractivity contribution in [2.45, 2.75) is 0 Å². The Bertz CT molecular complexity index is 867. The largest absolute Gasteiger partial charge is 0.423 e. The third kappa shape index (κ3) is 2.67. The van der Waals surface area contributed by atoms with Crippen molar-refractivity contribution in [3.63, 3.8) is 0 Å². The van der Waals surface area contributed by atoms with Crippen LogP contribution in [0, 0.1) is 0 Å². The Morgan fingerprint density at radius 1 is 1.04 bits per heavy atom. The highest BCUT2D eigenvalue weighted by atomic mass is 16.4. The van der Waals surface area contributed by atoms with Crippen LogP contribution in [0.5, 0.6) is 0 Å². The van der Waals surface area contributed by atoms with Crippen molar-refractivity contribution in [1.82, 2.24) is 9.88 Å². The summed E-state index contributed by atoms with van der Waals surface area (Å²) in [7, 11) is 0. The number of anilines is 2. The Morgan fingerprint density at radius 2 is 1.79 bits per heavy atom. The molecule has 1 amide bonds. The molecule has 0 unspecified atom stereocenters. The van der Waals surface area contributed by atoms with Gasteiger partial charge < -0.3 is 20.0 Å². The molecule has 1 aliphatic rings. The summed E-state index contributed by atoms with van der Waals surface area (Å²) in [6.45, 7) is 2.69. The van der Waals surface area contributed by atoms with Crippen LogP contribution in [0.4, 0.5) is 11.7 Å². The third-order valence-electron chi connectivity index (χ3n) is 4.26. The molecule has 0 saturated carbocycles. The van der Waals surface area contributed by atoms with Gasteiger partial charge >= 0.3 is 0 Å². The molecule has 2 N–H and O–H groups in total. The van der Waals surface area contributed by atoms with E-state index in [1.54, 1.807) is 12.1 Å². The van der Waals surface area contributed by atoms with Crippen LogP contribution < -0.4 is 10.6 Å². The average Bonchev–Trinajstić information content (AvgIpc) is 3.05. The smallest absolute Gasteiger partial charge is 0.298 e. The number of nitrogen functional groups attached to an aromatic ring is 1. The van der Waals surface area contributed by atoms with Crippen molar-refractivity contribution < 1.29 is 9.21 Å². The van der Waals surface area contributed by atoms with Gasteiger partial charge in [0.2, 0.25) is 0 Å². The molecule has 1 aromatic heterocycles. The lowest BCUT2D eigenvalue weighted by Crippen LogP contribution is -2.48. The van der Waals surface area contributed by atoms with Gasteiger partial charge in [-0.2, -0.15) is 4.98 Å². The summed E-state index contributed by atoms with van der Waals surface area (Å²) in [4.78, 5) is 20.9. The molecule has 0 bridgehead atoms. The summed E-state index contributed by atoms with van der Waals surface area (Å²) in [5.74, 6) is 0.0700. The zero-order valence-corrected chi connectivity index (χ0v) is 13.2. The standard InChI is InChI=1S/C18H18N4O2/c19-14-6-7-16-15(12-14)20-18(24-16)22-10-8-21(9-11-22)17(23)13-4-2-1-3-5-13/h1-7,12H,8-11,19H2. The van der Waals surface area contributed by atoms with Crippen LogP contribution in [0.2, 0.25) is 0 Å². The SMILES string of the molecule is Nc1ccc2oc(N3CCN(C(=O)c4ccccc4)CC3)nc2c1. The zero-order valence-electron chi connectivity index (χ0n) is 13.2. The number of hydrogen-bond acceptors (Lipinski definition) is 5. The molecule has 1 saturated heterocycles. The van der Waals surface area contributed by atoms with Crippen LogP contribution in [0.3, 0.4) is 0 Å². The number of amides is 1. The molecule has 0 radical (unpaired) electrons. The molecule has 0 spiro atoms. The molecule has 0 atom stereocenters. The minimum Gasteiger partial charge on any atom is -0.423 e. The second kappa shape index (κ2) is 5.88. The first-order valence-electron chi connectivity index (χ1n) is 7.96. The maximum Gasteiger partial charge on any atom is 0.298 e. The number of hydrogen-bond donors (Lipinski definition) is 1. The van der Waals surface area contributed by atoms with E-state index >= 15 is 0 Å². The van der Waals surface area contributed by atoms with E-state index in [9.17, 15) is 4.79 Å². The lowest BCUT2D eigenvalue weighted by molar-refractivity contribution is 0.0745. The van der Waals surface area contributed by atoms with Crippen molar-refractivity contribution in [2.24, 2.45) is 0 Å². The van der Waals surface area contributed by atoms with E-state index in [0.29, 0.717) is 37.9 Å². The van der Waals surface area contributed by atoms with Crippen molar-refractivity contribution in [2.75, 3.05) is 36.8 Å². The topological polar surface area (TPSA) is 75.6 Å². The lowest BCUT2D eigenvalue weighted by atomic mass is 10.2. The number of fused-ring (bicyclic) bond motifs is 1. The molecular formula is C18H18N4O2. The minimum absolute atomic E-state index is 0.0700. The maximum atomic E-state index is 12.5. The van der Waals surface area contributed by atoms with Gasteiger partial charge in [-0.1, -0.05) is 18.2 Å². The van der Waals surface area contributed by atoms with E-state index in [-0.39, 0.29) is 5.91 Å². The third-order valence-corrected chi connectivity index (χ3v) is 4.26. The number of oxazole rings is 1. The summed E-state index contributed by atoms with van der Waals surface area (Å²) in [5.41, 5.74) is 8.65. The van der Waals surface area contributed by atoms with Crippen molar-refractivity contribution in [3.8, 4) is 0 Å². The van der Waals surface area contributed by atoms with Crippen LogP contribution >= 0.6 is 0 Å². The van der Waals surface area contributed by atoms with Crippen molar-refractivity contribution >= 4 is 28.7 Å². The molecule has 3 aromatic rings. The molecule has 1 aliphatic heterocycles. The minimum atomic E-state index is 0.0700. The number of aromatic nitrogens is 1. The highest BCUT2D eigenvalue weighted by molar-refractivity contribution is 5.94. The quantitative estimate of drug-likeness (QED) is 0.733. The number of carbonyl (C=O) groups excluding carboxylic acids is 1. The molecule has 122 valence electrons. The van der Waals surface area contributed by atoms with E-state index in [2.05, 4.69) is 9.88 Å². The fourth-order valence-corrected chi connectivity index (χ4v) is 2.93. The molecule has 2 aromatic carbocycles. The summed E-state index contributed by atoms with van der Waals surface area (Å²) in [6, 6.07) is 15.4. The maximum absolute atomic E-state index is 12.5. The molecule has 4 rings (SSSR count). The highest BCUT2D eigenvalue weighted by Gasteiger charge is 2.24. The van der Waals surface area contributed by atoms with E-state index in [1.807, 2.05) is 41.3 Å². The monoisotopic (exact) mass is 322 g/mol. The molecule has 24 heavy (non-hydrogen) atoms. The van der Waals surface area contributed by atoms with Gasteiger partial charge in [0.1, 0.15) is 5.52 Å². The van der Waals surface area contributed by atoms with Gasteiger partial charge in [0.25, 0.3) is 11.9 Å². The molecule has 6 nitrogen and oxygen atoms in total. The Balaban J connectivity index is 1.46. The molecular weight excluding hydrogens is 304 g/mol. The first-order valence-corrected chi connectivity index (χ1v) is 7.96. The van der Waals surface area contributed by atoms with Gasteiger partial charge in [0.05, 0.1) is 0 Å². The van der Waals surface area contributed by atoms with Gasteiger partial charge in [-0.15, -0.1) is 0 Å². The second-order valence-electron chi connectivity index (χ2n) is 5.87. The number of piperazine rings is 1. The van der Waals surface area contributed by atoms with Gasteiger partial charge in [0.15, 0.2) is 5.58 Å². The lowest BCUT2D eigenvalue weighted by Gasteiger charge is -2.33. The number of carbonyl (C=O) groups is 1. The fraction of sp³-hybridized carbons (Fsp3) is 0.222. The van der Waals surface area contributed by atoms with Crippen LogP contribution in [0.25, 0.3) is 11.1 Å². The normalized spacial score (nSPS) is 15.0. The Labute approximate surface area is 139 Å². The Hall–Kier alpha value is -3.02. The van der Waals surface area contributed by atoms with Crippen LogP contribution in [0.15, 0.2) is 52.9 Å².